The molecule has 1 atom stereocenters. The molecule has 0 aromatic heterocycles. The van der Waals surface area contributed by atoms with Gasteiger partial charge in [0.2, 0.25) is 0 Å². The first kappa shape index (κ1) is 26.7. The fraction of sp³-hybridized carbons (Fsp3) is 0.152. The largest absolute Gasteiger partial charge is 0.486 e. The Hall–Kier alpha value is -4.56. The highest BCUT2D eigenvalue weighted by molar-refractivity contribution is 8.04. The number of fused-ring (bicyclic) bond motifs is 2. The number of hydrogen-bond acceptors (Lipinski definition) is 5. The lowest BCUT2D eigenvalue weighted by Crippen LogP contribution is -2.33. The van der Waals surface area contributed by atoms with E-state index in [-0.39, 0.29) is 23.7 Å². The van der Waals surface area contributed by atoms with Gasteiger partial charge in [0.1, 0.15) is 19.0 Å². The van der Waals surface area contributed by atoms with E-state index < -0.39 is 0 Å². The van der Waals surface area contributed by atoms with Gasteiger partial charge in [-0.15, -0.1) is 0 Å². The topological polar surface area (TPSA) is 67.9 Å². The molecule has 0 fully saturated rings. The molecule has 0 spiro atoms. The van der Waals surface area contributed by atoms with Crippen LogP contribution in [0.25, 0.3) is 6.08 Å². The summed E-state index contributed by atoms with van der Waals surface area (Å²) in [5.41, 5.74) is 3.90. The Morgan fingerprint density at radius 1 is 0.976 bits per heavy atom. The van der Waals surface area contributed by atoms with Gasteiger partial charge in [-0.05, 0) is 78.2 Å². The molecule has 0 bridgehead atoms. The zero-order valence-corrected chi connectivity index (χ0v) is 23.1. The molecule has 41 heavy (non-hydrogen) atoms. The van der Waals surface area contributed by atoms with E-state index >= 15 is 0 Å². The number of thioether (sulfide) groups is 1. The average molecular weight is 567 g/mol. The van der Waals surface area contributed by atoms with Crippen molar-refractivity contribution in [3.63, 3.8) is 0 Å². The molecule has 2 heterocycles. The highest BCUT2D eigenvalue weighted by Gasteiger charge is 2.29. The second kappa shape index (κ2) is 11.5. The van der Waals surface area contributed by atoms with Gasteiger partial charge < -0.3 is 19.7 Å². The first-order valence-corrected chi connectivity index (χ1v) is 14.1. The summed E-state index contributed by atoms with van der Waals surface area (Å²) < 4.78 is 24.7. The molecule has 1 unspecified atom stereocenters. The third-order valence-electron chi connectivity index (χ3n) is 6.97. The number of amides is 2. The van der Waals surface area contributed by atoms with E-state index in [0.717, 1.165) is 27.3 Å². The summed E-state index contributed by atoms with van der Waals surface area (Å²) in [6, 6.07) is 26.5. The number of carbonyl (C=O) groups excluding carboxylic acids is 2. The fourth-order valence-electron chi connectivity index (χ4n) is 4.77. The van der Waals surface area contributed by atoms with Crippen molar-refractivity contribution in [2.45, 2.75) is 24.4 Å². The Morgan fingerprint density at radius 2 is 1.71 bits per heavy atom. The number of anilines is 1. The Labute approximate surface area is 241 Å². The standard InChI is InChI=1S/C33H27FN2O4S/c1-21(25-12-15-28-29(19-25)40-17-16-39-28)35-32(37)24-10-6-22(7-11-24)18-31-33(38)36(20-23-8-13-26(34)14-9-23)27-4-2-3-5-30(27)41-31/h2-15,18-19,21H,16-17,20H2,1H3,(H,35,37). The Balaban J connectivity index is 1.17. The second-order valence-electron chi connectivity index (χ2n) is 9.82. The van der Waals surface area contributed by atoms with Crippen molar-refractivity contribution in [3.05, 3.63) is 124 Å². The fourth-order valence-corrected chi connectivity index (χ4v) is 5.83. The summed E-state index contributed by atoms with van der Waals surface area (Å²) in [7, 11) is 0. The number of para-hydroxylation sites is 1. The molecule has 0 saturated carbocycles. The smallest absolute Gasteiger partial charge is 0.265 e. The normalized spacial score (nSPS) is 15.8. The summed E-state index contributed by atoms with van der Waals surface area (Å²) in [5.74, 6) is 0.744. The minimum Gasteiger partial charge on any atom is -0.486 e. The first-order chi connectivity index (χ1) is 19.9. The predicted octanol–water partition coefficient (Wildman–Crippen LogP) is 6.77. The zero-order chi connectivity index (χ0) is 28.3. The van der Waals surface area contributed by atoms with Gasteiger partial charge in [0.15, 0.2) is 11.5 Å². The molecule has 0 aliphatic carbocycles. The zero-order valence-electron chi connectivity index (χ0n) is 22.3. The van der Waals surface area contributed by atoms with Gasteiger partial charge >= 0.3 is 0 Å². The highest BCUT2D eigenvalue weighted by Crippen LogP contribution is 2.42. The van der Waals surface area contributed by atoms with Crippen LogP contribution in [0.1, 0.15) is 40.0 Å². The number of nitrogens with zero attached hydrogens (tertiary/aromatic N) is 1. The van der Waals surface area contributed by atoms with Crippen molar-refractivity contribution in [1.82, 2.24) is 5.32 Å². The van der Waals surface area contributed by atoms with Crippen LogP contribution in [0, 0.1) is 5.82 Å². The molecule has 4 aromatic rings. The van der Waals surface area contributed by atoms with E-state index in [4.69, 9.17) is 9.47 Å². The van der Waals surface area contributed by atoms with Crippen LogP contribution in [0.5, 0.6) is 11.5 Å². The van der Waals surface area contributed by atoms with Crippen molar-refractivity contribution < 1.29 is 23.5 Å². The average Bonchev–Trinajstić information content (AvgIpc) is 3.00. The summed E-state index contributed by atoms with van der Waals surface area (Å²) in [6.07, 6.45) is 1.83. The van der Waals surface area contributed by atoms with Crippen LogP contribution < -0.4 is 19.7 Å². The maximum absolute atomic E-state index is 13.6. The van der Waals surface area contributed by atoms with E-state index in [0.29, 0.717) is 41.7 Å². The molecule has 0 saturated heterocycles. The maximum Gasteiger partial charge on any atom is 0.265 e. The number of benzene rings is 4. The van der Waals surface area contributed by atoms with E-state index in [1.165, 1.54) is 23.9 Å². The van der Waals surface area contributed by atoms with Gasteiger partial charge in [-0.25, -0.2) is 4.39 Å². The third kappa shape index (κ3) is 5.83. The van der Waals surface area contributed by atoms with Crippen molar-refractivity contribution >= 4 is 35.3 Å². The molecular weight excluding hydrogens is 539 g/mol. The monoisotopic (exact) mass is 566 g/mol. The molecule has 2 amide bonds. The predicted molar refractivity (Wildman–Crippen MR) is 158 cm³/mol. The minimum atomic E-state index is -0.315. The molecule has 1 N–H and O–H groups in total. The number of nitrogens with one attached hydrogen (secondary N) is 1. The van der Waals surface area contributed by atoms with Crippen LogP contribution in [0.2, 0.25) is 0 Å². The Morgan fingerprint density at radius 3 is 2.49 bits per heavy atom. The molecule has 2 aliphatic rings. The van der Waals surface area contributed by atoms with Crippen LogP contribution in [0.4, 0.5) is 10.1 Å². The van der Waals surface area contributed by atoms with Gasteiger partial charge in [-0.2, -0.15) is 0 Å². The van der Waals surface area contributed by atoms with E-state index in [1.807, 2.05) is 67.6 Å². The van der Waals surface area contributed by atoms with Crippen molar-refractivity contribution in [1.29, 1.82) is 0 Å². The number of halogens is 1. The van der Waals surface area contributed by atoms with Crippen LogP contribution in [-0.2, 0) is 11.3 Å². The molecule has 6 rings (SSSR count). The highest BCUT2D eigenvalue weighted by atomic mass is 32.2. The number of hydrogen-bond donors (Lipinski definition) is 1. The summed E-state index contributed by atoms with van der Waals surface area (Å²) in [6.45, 7) is 3.28. The quantitative estimate of drug-likeness (QED) is 0.261. The van der Waals surface area contributed by atoms with Gasteiger partial charge in [-0.1, -0.05) is 54.2 Å². The van der Waals surface area contributed by atoms with Crippen LogP contribution in [0.15, 0.2) is 101 Å². The van der Waals surface area contributed by atoms with Gasteiger partial charge in [-0.3, -0.25) is 9.59 Å². The van der Waals surface area contributed by atoms with Gasteiger partial charge in [0, 0.05) is 10.5 Å². The third-order valence-corrected chi connectivity index (χ3v) is 8.05. The van der Waals surface area contributed by atoms with Crippen molar-refractivity contribution in [2.24, 2.45) is 0 Å². The van der Waals surface area contributed by atoms with Crippen molar-refractivity contribution in [2.75, 3.05) is 18.1 Å². The Kier molecular flexibility index (Phi) is 7.48. The van der Waals surface area contributed by atoms with Crippen LogP contribution in [0.3, 0.4) is 0 Å². The minimum absolute atomic E-state index is 0.131. The number of rotatable bonds is 6. The molecule has 2 aliphatic heterocycles. The molecule has 0 radical (unpaired) electrons. The molecule has 8 heteroatoms. The van der Waals surface area contributed by atoms with Crippen molar-refractivity contribution in [3.8, 4) is 11.5 Å². The van der Waals surface area contributed by atoms with Gasteiger partial charge in [0.25, 0.3) is 11.8 Å². The summed E-state index contributed by atoms with van der Waals surface area (Å²) in [4.78, 5) is 29.8. The molecular formula is C33H27FN2O4S. The number of carbonyl (C=O) groups is 2. The molecule has 6 nitrogen and oxygen atoms in total. The van der Waals surface area contributed by atoms with Crippen LogP contribution in [-0.4, -0.2) is 25.0 Å². The second-order valence-corrected chi connectivity index (χ2v) is 10.9. The Bertz CT molecular complexity index is 1640. The summed E-state index contributed by atoms with van der Waals surface area (Å²) in [5, 5.41) is 3.03. The SMILES string of the molecule is CC(NC(=O)c1ccc(C=C2Sc3ccccc3N(Cc3ccc(F)cc3)C2=O)cc1)c1ccc2c(c1)OCCO2. The van der Waals surface area contributed by atoms with Crippen LogP contribution >= 0.6 is 11.8 Å². The molecule has 4 aromatic carbocycles. The first-order valence-electron chi connectivity index (χ1n) is 13.3. The van der Waals surface area contributed by atoms with Gasteiger partial charge in [0.05, 0.1) is 23.2 Å². The van der Waals surface area contributed by atoms with E-state index in [2.05, 4.69) is 5.32 Å². The number of ether oxygens (including phenoxy) is 2. The van der Waals surface area contributed by atoms with E-state index in [1.54, 1.807) is 29.2 Å². The summed E-state index contributed by atoms with van der Waals surface area (Å²) >= 11 is 1.41. The van der Waals surface area contributed by atoms with E-state index in [9.17, 15) is 14.0 Å². The maximum atomic E-state index is 13.6. The molecule has 206 valence electrons. The lowest BCUT2D eigenvalue weighted by atomic mass is 10.1. The lowest BCUT2D eigenvalue weighted by molar-refractivity contribution is -0.114. The lowest BCUT2D eigenvalue weighted by Gasteiger charge is -2.30.